The molecule has 0 aliphatic carbocycles. The van der Waals surface area contributed by atoms with Gasteiger partial charge in [0, 0.05) is 23.6 Å². The van der Waals surface area contributed by atoms with Crippen LogP contribution in [-0.4, -0.2) is 31.6 Å². The summed E-state index contributed by atoms with van der Waals surface area (Å²) >= 11 is 3.47. The first-order valence-corrected chi connectivity index (χ1v) is 6.93. The Kier molecular flexibility index (Phi) is 6.17. The number of hydrogen-bond acceptors (Lipinski definition) is 2. The number of hydrogen-bond donors (Lipinski definition) is 1. The van der Waals surface area contributed by atoms with Crippen LogP contribution in [0, 0.1) is 5.92 Å². The molecule has 0 fully saturated rings. The monoisotopic (exact) mass is 298 g/mol. The van der Waals surface area contributed by atoms with E-state index in [9.17, 15) is 0 Å². The highest BCUT2D eigenvalue weighted by atomic mass is 79.9. The maximum atomic E-state index is 3.47. The molecule has 1 rings (SSSR count). The Morgan fingerprint density at radius 1 is 1.24 bits per heavy atom. The zero-order valence-corrected chi connectivity index (χ0v) is 12.8. The molecule has 96 valence electrons. The van der Waals surface area contributed by atoms with Gasteiger partial charge in [-0.2, -0.15) is 0 Å². The van der Waals surface area contributed by atoms with Crippen molar-refractivity contribution < 1.29 is 0 Å². The molecule has 0 aliphatic rings. The van der Waals surface area contributed by atoms with Crippen LogP contribution in [0.15, 0.2) is 28.7 Å². The quantitative estimate of drug-likeness (QED) is 0.868. The van der Waals surface area contributed by atoms with Crippen molar-refractivity contribution in [2.45, 2.75) is 26.4 Å². The molecule has 0 spiro atoms. The van der Waals surface area contributed by atoms with Crippen LogP contribution in [0.3, 0.4) is 0 Å². The number of nitrogens with zero attached hydrogens (tertiary/aromatic N) is 1. The minimum Gasteiger partial charge on any atom is -0.318 e. The molecule has 0 saturated carbocycles. The molecule has 0 heterocycles. The summed E-state index contributed by atoms with van der Waals surface area (Å²) < 4.78 is 1.14. The van der Waals surface area contributed by atoms with Crippen LogP contribution < -0.4 is 5.32 Å². The number of halogens is 1. The molecular formula is C14H23BrN2. The third-order valence-electron chi connectivity index (χ3n) is 3.09. The predicted molar refractivity (Wildman–Crippen MR) is 78.2 cm³/mol. The third kappa shape index (κ3) is 4.78. The van der Waals surface area contributed by atoms with Crippen LogP contribution >= 0.6 is 15.9 Å². The van der Waals surface area contributed by atoms with E-state index in [1.165, 1.54) is 5.56 Å². The van der Waals surface area contributed by atoms with Crippen LogP contribution in [0.4, 0.5) is 0 Å². The summed E-state index contributed by atoms with van der Waals surface area (Å²) in [5.41, 5.74) is 1.36. The van der Waals surface area contributed by atoms with E-state index >= 15 is 0 Å². The van der Waals surface area contributed by atoms with Gasteiger partial charge in [-0.1, -0.05) is 41.9 Å². The van der Waals surface area contributed by atoms with E-state index in [0.29, 0.717) is 12.0 Å². The van der Waals surface area contributed by atoms with Crippen LogP contribution in [0.1, 0.15) is 19.4 Å². The summed E-state index contributed by atoms with van der Waals surface area (Å²) in [7, 11) is 4.22. The fraction of sp³-hybridized carbons (Fsp3) is 0.571. The zero-order valence-electron chi connectivity index (χ0n) is 11.2. The zero-order chi connectivity index (χ0) is 12.8. The lowest BCUT2D eigenvalue weighted by atomic mass is 10.0. The van der Waals surface area contributed by atoms with Crippen molar-refractivity contribution in [2.75, 3.05) is 20.6 Å². The lowest BCUT2D eigenvalue weighted by Gasteiger charge is -2.31. The average Bonchev–Trinajstić information content (AvgIpc) is 2.28. The predicted octanol–water partition coefficient (Wildman–Crippen LogP) is 3.12. The van der Waals surface area contributed by atoms with E-state index in [2.05, 4.69) is 71.3 Å². The molecule has 1 unspecified atom stereocenters. The fourth-order valence-corrected chi connectivity index (χ4v) is 2.37. The van der Waals surface area contributed by atoms with Crippen LogP contribution in [0.2, 0.25) is 0 Å². The Morgan fingerprint density at radius 3 is 2.29 bits per heavy atom. The van der Waals surface area contributed by atoms with Gasteiger partial charge in [0.25, 0.3) is 0 Å². The second-order valence-electron chi connectivity index (χ2n) is 4.91. The Balaban J connectivity index is 2.62. The topological polar surface area (TPSA) is 15.3 Å². The standard InChI is InChI=1S/C14H23BrN2/c1-11(2)14(9-16-3)17(4)10-12-5-7-13(15)8-6-12/h5-8,11,14,16H,9-10H2,1-4H3. The highest BCUT2D eigenvalue weighted by Gasteiger charge is 2.17. The van der Waals surface area contributed by atoms with Gasteiger partial charge in [0.2, 0.25) is 0 Å². The minimum atomic E-state index is 0.573. The molecule has 1 aromatic rings. The maximum Gasteiger partial charge on any atom is 0.0243 e. The van der Waals surface area contributed by atoms with Crippen molar-refractivity contribution in [3.8, 4) is 0 Å². The van der Waals surface area contributed by atoms with E-state index in [1.807, 2.05) is 7.05 Å². The summed E-state index contributed by atoms with van der Waals surface area (Å²) in [5.74, 6) is 0.655. The third-order valence-corrected chi connectivity index (χ3v) is 3.62. The lowest BCUT2D eigenvalue weighted by molar-refractivity contribution is 0.182. The summed E-state index contributed by atoms with van der Waals surface area (Å²) in [6.45, 7) is 6.59. The van der Waals surface area contributed by atoms with Gasteiger partial charge in [0.1, 0.15) is 0 Å². The van der Waals surface area contributed by atoms with Crippen molar-refractivity contribution in [1.82, 2.24) is 10.2 Å². The summed E-state index contributed by atoms with van der Waals surface area (Å²) in [5, 5.41) is 3.28. The molecule has 0 bridgehead atoms. The lowest BCUT2D eigenvalue weighted by Crippen LogP contribution is -2.42. The number of likely N-dealkylation sites (N-methyl/N-ethyl adjacent to an activating group) is 2. The molecule has 17 heavy (non-hydrogen) atoms. The van der Waals surface area contributed by atoms with Crippen molar-refractivity contribution in [1.29, 1.82) is 0 Å². The number of nitrogens with one attached hydrogen (secondary N) is 1. The van der Waals surface area contributed by atoms with Crippen molar-refractivity contribution in [3.05, 3.63) is 34.3 Å². The molecule has 0 amide bonds. The van der Waals surface area contributed by atoms with E-state index in [1.54, 1.807) is 0 Å². The molecule has 0 aliphatic heterocycles. The molecule has 0 radical (unpaired) electrons. The molecule has 0 aromatic heterocycles. The van der Waals surface area contributed by atoms with Gasteiger partial charge >= 0.3 is 0 Å². The second-order valence-corrected chi connectivity index (χ2v) is 5.83. The molecule has 2 nitrogen and oxygen atoms in total. The highest BCUT2D eigenvalue weighted by Crippen LogP contribution is 2.15. The van der Waals surface area contributed by atoms with E-state index in [-0.39, 0.29) is 0 Å². The SMILES string of the molecule is CNCC(C(C)C)N(C)Cc1ccc(Br)cc1. The number of rotatable bonds is 6. The van der Waals surface area contributed by atoms with Crippen LogP contribution in [0.5, 0.6) is 0 Å². The van der Waals surface area contributed by atoms with Gasteiger partial charge in [-0.15, -0.1) is 0 Å². The molecule has 1 aromatic carbocycles. The first-order chi connectivity index (χ1) is 8.04. The largest absolute Gasteiger partial charge is 0.318 e. The van der Waals surface area contributed by atoms with Gasteiger partial charge < -0.3 is 5.32 Å². The number of benzene rings is 1. The van der Waals surface area contributed by atoms with Gasteiger partial charge in [0.15, 0.2) is 0 Å². The Bertz CT molecular complexity index is 321. The van der Waals surface area contributed by atoms with E-state index in [4.69, 9.17) is 0 Å². The average molecular weight is 299 g/mol. The normalized spacial score (nSPS) is 13.4. The Hall–Kier alpha value is -0.380. The van der Waals surface area contributed by atoms with Crippen molar-refractivity contribution in [3.63, 3.8) is 0 Å². The Labute approximate surface area is 114 Å². The highest BCUT2D eigenvalue weighted by molar-refractivity contribution is 9.10. The first-order valence-electron chi connectivity index (χ1n) is 6.14. The molecule has 0 saturated heterocycles. The van der Waals surface area contributed by atoms with Gasteiger partial charge in [-0.25, -0.2) is 0 Å². The maximum absolute atomic E-state index is 3.47. The van der Waals surface area contributed by atoms with E-state index < -0.39 is 0 Å². The van der Waals surface area contributed by atoms with Crippen molar-refractivity contribution in [2.24, 2.45) is 5.92 Å². The van der Waals surface area contributed by atoms with Gasteiger partial charge in [0.05, 0.1) is 0 Å². The molecular weight excluding hydrogens is 276 g/mol. The second kappa shape index (κ2) is 7.14. The van der Waals surface area contributed by atoms with Crippen LogP contribution in [0.25, 0.3) is 0 Å². The Morgan fingerprint density at radius 2 is 1.82 bits per heavy atom. The van der Waals surface area contributed by atoms with Crippen molar-refractivity contribution >= 4 is 15.9 Å². The first kappa shape index (κ1) is 14.7. The molecule has 1 N–H and O–H groups in total. The fourth-order valence-electron chi connectivity index (χ4n) is 2.10. The summed E-state index contributed by atoms with van der Waals surface area (Å²) in [6, 6.07) is 9.13. The van der Waals surface area contributed by atoms with Gasteiger partial charge in [-0.3, -0.25) is 4.90 Å². The van der Waals surface area contributed by atoms with Crippen LogP contribution in [-0.2, 0) is 6.54 Å². The summed E-state index contributed by atoms with van der Waals surface area (Å²) in [4.78, 5) is 2.42. The summed E-state index contributed by atoms with van der Waals surface area (Å²) in [6.07, 6.45) is 0. The van der Waals surface area contributed by atoms with E-state index in [0.717, 1.165) is 17.6 Å². The van der Waals surface area contributed by atoms with Gasteiger partial charge in [-0.05, 0) is 37.7 Å². The smallest absolute Gasteiger partial charge is 0.0243 e. The molecule has 3 heteroatoms. The minimum absolute atomic E-state index is 0.573. The molecule has 1 atom stereocenters.